The molecule has 1 aliphatic rings. The van der Waals surface area contributed by atoms with Gasteiger partial charge in [0, 0.05) is 37.1 Å². The topological polar surface area (TPSA) is 71.2 Å². The molecule has 0 spiro atoms. The summed E-state index contributed by atoms with van der Waals surface area (Å²) in [4.78, 5) is 19.0. The van der Waals surface area contributed by atoms with Gasteiger partial charge >= 0.3 is 0 Å². The second-order valence-corrected chi connectivity index (χ2v) is 6.23. The number of benzene rings is 1. The lowest BCUT2D eigenvalue weighted by molar-refractivity contribution is 0.0951. The largest absolute Gasteiger partial charge is 0.399 e. The first-order valence-corrected chi connectivity index (χ1v) is 8.56. The van der Waals surface area contributed by atoms with Gasteiger partial charge in [0.25, 0.3) is 5.91 Å². The number of amides is 1. The lowest BCUT2D eigenvalue weighted by Gasteiger charge is -2.21. The smallest absolute Gasteiger partial charge is 0.251 e. The molecule has 0 saturated carbocycles. The van der Waals surface area contributed by atoms with Crippen LogP contribution in [0, 0.1) is 0 Å². The highest BCUT2D eigenvalue weighted by atomic mass is 35.5. The molecule has 5 nitrogen and oxygen atoms in total. The predicted octanol–water partition coefficient (Wildman–Crippen LogP) is 3.40. The number of nitrogens with one attached hydrogen (secondary N) is 1. The third kappa shape index (κ3) is 5.36. The van der Waals surface area contributed by atoms with Crippen LogP contribution in [0.15, 0.2) is 42.6 Å². The van der Waals surface area contributed by atoms with Gasteiger partial charge in [0.1, 0.15) is 5.82 Å². The lowest BCUT2D eigenvalue weighted by Crippen LogP contribution is -2.25. The highest BCUT2D eigenvalue weighted by molar-refractivity contribution is 5.94. The van der Waals surface area contributed by atoms with Crippen LogP contribution in [0.25, 0.3) is 0 Å². The highest BCUT2D eigenvalue weighted by Crippen LogP contribution is 2.17. The summed E-state index contributed by atoms with van der Waals surface area (Å²) >= 11 is 0. The van der Waals surface area contributed by atoms with Gasteiger partial charge in [-0.15, -0.1) is 12.4 Å². The van der Waals surface area contributed by atoms with Crippen molar-refractivity contribution in [1.29, 1.82) is 0 Å². The predicted molar refractivity (Wildman–Crippen MR) is 104 cm³/mol. The van der Waals surface area contributed by atoms with Gasteiger partial charge in [-0.25, -0.2) is 4.98 Å². The lowest BCUT2D eigenvalue weighted by atomic mass is 10.2. The summed E-state index contributed by atoms with van der Waals surface area (Å²) in [7, 11) is 0. The summed E-state index contributed by atoms with van der Waals surface area (Å²) in [5, 5.41) is 2.91. The van der Waals surface area contributed by atoms with Crippen molar-refractivity contribution < 1.29 is 4.79 Å². The molecule has 6 heteroatoms. The molecule has 0 bridgehead atoms. The molecule has 3 N–H and O–H groups in total. The Morgan fingerprint density at radius 1 is 1.04 bits per heavy atom. The number of nitrogen functional groups attached to an aromatic ring is 1. The Labute approximate surface area is 155 Å². The van der Waals surface area contributed by atoms with Gasteiger partial charge in [-0.1, -0.05) is 18.9 Å². The molecular weight excluding hydrogens is 336 g/mol. The molecule has 0 atom stereocenters. The number of hydrogen-bond acceptors (Lipinski definition) is 4. The van der Waals surface area contributed by atoms with Crippen LogP contribution in [0.1, 0.15) is 41.6 Å². The summed E-state index contributed by atoms with van der Waals surface area (Å²) in [5.74, 6) is 0.928. The molecule has 2 heterocycles. The second-order valence-electron chi connectivity index (χ2n) is 6.23. The molecule has 0 radical (unpaired) electrons. The number of anilines is 2. The Balaban J connectivity index is 0.00000225. The Kier molecular flexibility index (Phi) is 7.07. The molecular formula is C19H25ClN4O. The van der Waals surface area contributed by atoms with Gasteiger partial charge in [-0.05, 0) is 48.7 Å². The second kappa shape index (κ2) is 9.28. The summed E-state index contributed by atoms with van der Waals surface area (Å²) in [6, 6.07) is 11.0. The number of halogens is 1. The van der Waals surface area contributed by atoms with Gasteiger partial charge in [0.15, 0.2) is 0 Å². The number of hydrogen-bond donors (Lipinski definition) is 2. The molecule has 0 unspecified atom stereocenters. The SMILES string of the molecule is Cl.Nc1ccc(C(=O)NCc2ccc(N3CCCCCC3)nc2)cc1. The molecule has 1 aromatic carbocycles. The van der Waals surface area contributed by atoms with Crippen LogP contribution in [0.3, 0.4) is 0 Å². The van der Waals surface area contributed by atoms with E-state index in [1.54, 1.807) is 24.3 Å². The van der Waals surface area contributed by atoms with Crippen molar-refractivity contribution in [1.82, 2.24) is 10.3 Å². The van der Waals surface area contributed by atoms with Gasteiger partial charge in [0.2, 0.25) is 0 Å². The van der Waals surface area contributed by atoms with Crippen LogP contribution < -0.4 is 16.0 Å². The minimum absolute atomic E-state index is 0. The monoisotopic (exact) mass is 360 g/mol. The number of aromatic nitrogens is 1. The van der Waals surface area contributed by atoms with E-state index in [-0.39, 0.29) is 18.3 Å². The summed E-state index contributed by atoms with van der Waals surface area (Å²) < 4.78 is 0. The Morgan fingerprint density at radius 2 is 1.72 bits per heavy atom. The summed E-state index contributed by atoms with van der Waals surface area (Å²) in [6.45, 7) is 2.64. The Bertz CT molecular complexity index is 665. The van der Waals surface area contributed by atoms with Crippen LogP contribution in [0.2, 0.25) is 0 Å². The molecule has 1 saturated heterocycles. The van der Waals surface area contributed by atoms with E-state index in [0.29, 0.717) is 17.8 Å². The first kappa shape index (κ1) is 19.1. The Morgan fingerprint density at radius 3 is 2.32 bits per heavy atom. The standard InChI is InChI=1S/C19H24N4O.ClH/c20-17-8-6-16(7-9-17)19(24)22-14-15-5-10-18(21-13-15)23-11-3-1-2-4-12-23;/h5-10,13H,1-4,11-12,14,20H2,(H,22,24);1H. The molecule has 1 amide bonds. The van der Waals surface area contributed by atoms with E-state index in [1.807, 2.05) is 12.3 Å². The molecule has 1 aromatic heterocycles. The van der Waals surface area contributed by atoms with Crippen LogP contribution in [0.4, 0.5) is 11.5 Å². The molecule has 25 heavy (non-hydrogen) atoms. The molecule has 3 rings (SSSR count). The Hall–Kier alpha value is -2.27. The molecule has 2 aromatic rings. The minimum Gasteiger partial charge on any atom is -0.399 e. The van der Waals surface area contributed by atoms with Crippen molar-refractivity contribution in [2.75, 3.05) is 23.7 Å². The van der Waals surface area contributed by atoms with E-state index in [0.717, 1.165) is 24.5 Å². The molecule has 134 valence electrons. The zero-order valence-electron chi connectivity index (χ0n) is 14.3. The van der Waals surface area contributed by atoms with Crippen LogP contribution >= 0.6 is 12.4 Å². The van der Waals surface area contributed by atoms with Crippen molar-refractivity contribution in [3.8, 4) is 0 Å². The minimum atomic E-state index is -0.105. The maximum atomic E-state index is 12.1. The van der Waals surface area contributed by atoms with E-state index >= 15 is 0 Å². The van der Waals surface area contributed by atoms with Crippen molar-refractivity contribution in [3.05, 3.63) is 53.7 Å². The maximum Gasteiger partial charge on any atom is 0.251 e. The number of nitrogens with zero attached hydrogens (tertiary/aromatic N) is 2. The zero-order chi connectivity index (χ0) is 16.8. The van der Waals surface area contributed by atoms with E-state index < -0.39 is 0 Å². The maximum absolute atomic E-state index is 12.1. The summed E-state index contributed by atoms with van der Waals surface area (Å²) in [5.41, 5.74) is 7.89. The van der Waals surface area contributed by atoms with Crippen molar-refractivity contribution >= 4 is 29.8 Å². The van der Waals surface area contributed by atoms with Crippen LogP contribution in [-0.4, -0.2) is 24.0 Å². The van der Waals surface area contributed by atoms with E-state index in [1.165, 1.54) is 25.7 Å². The van der Waals surface area contributed by atoms with Gasteiger partial charge < -0.3 is 16.0 Å². The van der Waals surface area contributed by atoms with Crippen molar-refractivity contribution in [2.24, 2.45) is 0 Å². The number of nitrogens with two attached hydrogens (primary N) is 1. The molecule has 0 aliphatic carbocycles. The van der Waals surface area contributed by atoms with Crippen LogP contribution in [-0.2, 0) is 6.54 Å². The summed E-state index contributed by atoms with van der Waals surface area (Å²) in [6.07, 6.45) is 6.95. The fourth-order valence-corrected chi connectivity index (χ4v) is 2.93. The van der Waals surface area contributed by atoms with E-state index in [4.69, 9.17) is 5.73 Å². The number of pyridine rings is 1. The molecule has 1 fully saturated rings. The average molecular weight is 361 g/mol. The quantitative estimate of drug-likeness (QED) is 0.820. The number of rotatable bonds is 4. The normalized spacial score (nSPS) is 14.3. The van der Waals surface area contributed by atoms with Gasteiger partial charge in [-0.3, -0.25) is 4.79 Å². The third-order valence-electron chi connectivity index (χ3n) is 4.37. The van der Waals surface area contributed by atoms with Gasteiger partial charge in [0.05, 0.1) is 0 Å². The zero-order valence-corrected chi connectivity index (χ0v) is 15.1. The van der Waals surface area contributed by atoms with Crippen molar-refractivity contribution in [2.45, 2.75) is 32.2 Å². The first-order valence-electron chi connectivity index (χ1n) is 8.56. The van der Waals surface area contributed by atoms with Crippen molar-refractivity contribution in [3.63, 3.8) is 0 Å². The van der Waals surface area contributed by atoms with Gasteiger partial charge in [-0.2, -0.15) is 0 Å². The van der Waals surface area contributed by atoms with E-state index in [2.05, 4.69) is 21.3 Å². The fraction of sp³-hybridized carbons (Fsp3) is 0.368. The fourth-order valence-electron chi connectivity index (χ4n) is 2.93. The van der Waals surface area contributed by atoms with Crippen LogP contribution in [0.5, 0.6) is 0 Å². The van der Waals surface area contributed by atoms with E-state index in [9.17, 15) is 4.79 Å². The number of carbonyl (C=O) groups is 1. The average Bonchev–Trinajstić information content (AvgIpc) is 2.90. The number of carbonyl (C=O) groups excluding carboxylic acids is 1. The third-order valence-corrected chi connectivity index (χ3v) is 4.37. The highest BCUT2D eigenvalue weighted by Gasteiger charge is 2.11. The molecule has 1 aliphatic heterocycles. The first-order chi connectivity index (χ1) is 11.7.